The first-order chi connectivity index (χ1) is 12.2. The standard InChI is InChI=1S/C19H35N3O4/c1-15-7-5-6-8-19(15,21-17(24)26-18(2,3)4)16(23)20-9-10-22-11-13-25-14-12-22/h15H,5-14H2,1-4H3,(H,20,23)(H,21,24)/t15-,19-/m1/s1. The minimum atomic E-state index is -0.883. The number of hydrogen-bond acceptors (Lipinski definition) is 5. The van der Waals surface area contributed by atoms with Gasteiger partial charge in [0.25, 0.3) is 0 Å². The lowest BCUT2D eigenvalue weighted by Crippen LogP contribution is -2.64. The Labute approximate surface area is 157 Å². The minimum Gasteiger partial charge on any atom is -0.444 e. The second kappa shape index (κ2) is 9.04. The molecule has 1 saturated heterocycles. The second-order valence-electron chi connectivity index (χ2n) is 8.45. The molecule has 150 valence electrons. The van der Waals surface area contributed by atoms with E-state index in [0.717, 1.165) is 52.1 Å². The third-order valence-corrected chi connectivity index (χ3v) is 5.25. The molecular formula is C19H35N3O4. The van der Waals surface area contributed by atoms with E-state index in [2.05, 4.69) is 15.5 Å². The monoisotopic (exact) mass is 369 g/mol. The number of carbonyl (C=O) groups is 2. The fraction of sp³-hybridized carbons (Fsp3) is 0.895. The SMILES string of the molecule is C[C@@H]1CCCC[C@]1(NC(=O)OC(C)(C)C)C(=O)NCCN1CCOCC1. The van der Waals surface area contributed by atoms with Crippen LogP contribution in [0.15, 0.2) is 0 Å². The molecular weight excluding hydrogens is 334 g/mol. The number of rotatable bonds is 5. The first kappa shape index (κ1) is 21.0. The lowest BCUT2D eigenvalue weighted by atomic mass is 9.73. The highest BCUT2D eigenvalue weighted by molar-refractivity contribution is 5.90. The van der Waals surface area contributed by atoms with Crippen molar-refractivity contribution >= 4 is 12.0 Å². The van der Waals surface area contributed by atoms with Crippen LogP contribution in [0.4, 0.5) is 4.79 Å². The van der Waals surface area contributed by atoms with Gasteiger partial charge < -0.3 is 20.1 Å². The molecule has 0 aromatic rings. The Kier molecular flexibility index (Phi) is 7.29. The fourth-order valence-corrected chi connectivity index (χ4v) is 3.72. The molecule has 7 nitrogen and oxygen atoms in total. The van der Waals surface area contributed by atoms with Crippen LogP contribution >= 0.6 is 0 Å². The molecule has 2 aliphatic rings. The first-order valence-electron chi connectivity index (χ1n) is 9.82. The van der Waals surface area contributed by atoms with Crippen LogP contribution in [0.1, 0.15) is 53.4 Å². The van der Waals surface area contributed by atoms with Crippen molar-refractivity contribution in [2.75, 3.05) is 39.4 Å². The van der Waals surface area contributed by atoms with Crippen molar-refractivity contribution in [2.45, 2.75) is 64.5 Å². The van der Waals surface area contributed by atoms with Crippen LogP contribution in [0, 0.1) is 5.92 Å². The highest BCUT2D eigenvalue weighted by Gasteiger charge is 2.46. The normalized spacial score (nSPS) is 27.6. The fourth-order valence-electron chi connectivity index (χ4n) is 3.72. The molecule has 2 N–H and O–H groups in total. The largest absolute Gasteiger partial charge is 0.444 e. The lowest BCUT2D eigenvalue weighted by Gasteiger charge is -2.42. The van der Waals surface area contributed by atoms with E-state index in [4.69, 9.17) is 9.47 Å². The second-order valence-corrected chi connectivity index (χ2v) is 8.45. The molecule has 2 atom stereocenters. The summed E-state index contributed by atoms with van der Waals surface area (Å²) in [5.74, 6) is -0.0176. The third kappa shape index (κ3) is 5.84. The van der Waals surface area contributed by atoms with E-state index in [9.17, 15) is 9.59 Å². The van der Waals surface area contributed by atoms with E-state index in [1.165, 1.54) is 0 Å². The van der Waals surface area contributed by atoms with E-state index < -0.39 is 17.2 Å². The molecule has 1 aliphatic carbocycles. The summed E-state index contributed by atoms with van der Waals surface area (Å²) < 4.78 is 10.8. The van der Waals surface area contributed by atoms with E-state index in [-0.39, 0.29) is 11.8 Å². The number of morpholine rings is 1. The van der Waals surface area contributed by atoms with Crippen LogP contribution in [-0.4, -0.2) is 67.4 Å². The van der Waals surface area contributed by atoms with Crippen molar-refractivity contribution in [2.24, 2.45) is 5.92 Å². The van der Waals surface area contributed by atoms with Crippen molar-refractivity contribution < 1.29 is 19.1 Å². The average molecular weight is 370 g/mol. The topological polar surface area (TPSA) is 79.9 Å². The smallest absolute Gasteiger partial charge is 0.408 e. The molecule has 0 bridgehead atoms. The van der Waals surface area contributed by atoms with Crippen LogP contribution in [-0.2, 0) is 14.3 Å². The van der Waals surface area contributed by atoms with Gasteiger partial charge in [-0.05, 0) is 39.5 Å². The maximum Gasteiger partial charge on any atom is 0.408 e. The molecule has 1 saturated carbocycles. The summed E-state index contributed by atoms with van der Waals surface area (Å²) in [5, 5.41) is 5.97. The Morgan fingerprint density at radius 2 is 1.92 bits per heavy atom. The molecule has 0 aromatic heterocycles. The number of alkyl carbamates (subject to hydrolysis) is 1. The molecule has 2 fully saturated rings. The van der Waals surface area contributed by atoms with Crippen molar-refractivity contribution in [3.05, 3.63) is 0 Å². The van der Waals surface area contributed by atoms with Gasteiger partial charge in [-0.3, -0.25) is 9.69 Å². The van der Waals surface area contributed by atoms with Gasteiger partial charge in [-0.15, -0.1) is 0 Å². The molecule has 2 amide bonds. The lowest BCUT2D eigenvalue weighted by molar-refractivity contribution is -0.131. The van der Waals surface area contributed by atoms with Gasteiger partial charge in [0.1, 0.15) is 11.1 Å². The highest BCUT2D eigenvalue weighted by atomic mass is 16.6. The van der Waals surface area contributed by atoms with Gasteiger partial charge in [0.15, 0.2) is 0 Å². The molecule has 26 heavy (non-hydrogen) atoms. The summed E-state index contributed by atoms with van der Waals surface area (Å²) >= 11 is 0. The molecule has 0 aromatic carbocycles. The number of nitrogens with one attached hydrogen (secondary N) is 2. The van der Waals surface area contributed by atoms with Crippen LogP contribution in [0.2, 0.25) is 0 Å². The van der Waals surface area contributed by atoms with Crippen molar-refractivity contribution in [1.82, 2.24) is 15.5 Å². The van der Waals surface area contributed by atoms with Gasteiger partial charge in [0, 0.05) is 26.2 Å². The summed E-state index contributed by atoms with van der Waals surface area (Å²) in [7, 11) is 0. The maximum atomic E-state index is 13.0. The highest BCUT2D eigenvalue weighted by Crippen LogP contribution is 2.34. The number of amides is 2. The summed E-state index contributed by atoms with van der Waals surface area (Å²) in [5.41, 5.74) is -1.47. The van der Waals surface area contributed by atoms with Crippen LogP contribution in [0.3, 0.4) is 0 Å². The number of hydrogen-bond donors (Lipinski definition) is 2. The van der Waals surface area contributed by atoms with Crippen molar-refractivity contribution in [3.63, 3.8) is 0 Å². The summed E-state index contributed by atoms with van der Waals surface area (Å²) in [6, 6.07) is 0. The van der Waals surface area contributed by atoms with E-state index >= 15 is 0 Å². The maximum absolute atomic E-state index is 13.0. The predicted octanol–water partition coefficient (Wildman–Crippen LogP) is 1.91. The van der Waals surface area contributed by atoms with Crippen LogP contribution < -0.4 is 10.6 Å². The molecule has 0 radical (unpaired) electrons. The number of nitrogens with zero attached hydrogens (tertiary/aromatic N) is 1. The minimum absolute atomic E-state index is 0.0761. The summed E-state index contributed by atoms with van der Waals surface area (Å²) in [4.78, 5) is 27.7. The zero-order valence-electron chi connectivity index (χ0n) is 16.7. The Balaban J connectivity index is 1.96. The molecule has 1 heterocycles. The molecule has 0 unspecified atom stereocenters. The Morgan fingerprint density at radius 3 is 2.54 bits per heavy atom. The predicted molar refractivity (Wildman–Crippen MR) is 100 cm³/mol. The van der Waals surface area contributed by atoms with E-state index in [1.807, 2.05) is 27.7 Å². The zero-order valence-corrected chi connectivity index (χ0v) is 16.7. The van der Waals surface area contributed by atoms with Gasteiger partial charge >= 0.3 is 6.09 Å². The van der Waals surface area contributed by atoms with Gasteiger partial charge in [0.2, 0.25) is 5.91 Å². The van der Waals surface area contributed by atoms with E-state index in [1.54, 1.807) is 0 Å². The Bertz CT molecular complexity index is 486. The summed E-state index contributed by atoms with van der Waals surface area (Å²) in [6.07, 6.45) is 3.06. The zero-order chi connectivity index (χ0) is 19.2. The Hall–Kier alpha value is -1.34. The van der Waals surface area contributed by atoms with Crippen LogP contribution in [0.25, 0.3) is 0 Å². The number of carbonyl (C=O) groups excluding carboxylic acids is 2. The molecule has 2 rings (SSSR count). The van der Waals surface area contributed by atoms with Crippen molar-refractivity contribution in [3.8, 4) is 0 Å². The third-order valence-electron chi connectivity index (χ3n) is 5.25. The van der Waals surface area contributed by atoms with Crippen molar-refractivity contribution in [1.29, 1.82) is 0 Å². The Morgan fingerprint density at radius 1 is 1.23 bits per heavy atom. The van der Waals surface area contributed by atoms with E-state index in [0.29, 0.717) is 13.0 Å². The summed E-state index contributed by atoms with van der Waals surface area (Å²) in [6.45, 7) is 12.2. The first-order valence-corrected chi connectivity index (χ1v) is 9.82. The van der Waals surface area contributed by atoms with Gasteiger partial charge in [-0.2, -0.15) is 0 Å². The van der Waals surface area contributed by atoms with Gasteiger partial charge in [-0.25, -0.2) is 4.79 Å². The quantitative estimate of drug-likeness (QED) is 0.774. The molecule has 0 spiro atoms. The van der Waals surface area contributed by atoms with Gasteiger partial charge in [-0.1, -0.05) is 19.8 Å². The van der Waals surface area contributed by atoms with Gasteiger partial charge in [0.05, 0.1) is 13.2 Å². The van der Waals surface area contributed by atoms with Crippen LogP contribution in [0.5, 0.6) is 0 Å². The molecule has 7 heteroatoms. The molecule has 1 aliphatic heterocycles. The number of ether oxygens (including phenoxy) is 2. The average Bonchev–Trinajstić information content (AvgIpc) is 2.56.